The monoisotopic (exact) mass is 374 g/mol. The molecule has 1 aliphatic carbocycles. The lowest BCUT2D eigenvalue weighted by Gasteiger charge is -2.27. The Morgan fingerprint density at radius 3 is 2.42 bits per heavy atom. The summed E-state index contributed by atoms with van der Waals surface area (Å²) in [6.07, 6.45) is 2.16. The molecule has 7 nitrogen and oxygen atoms in total. The number of amides is 1. The highest BCUT2D eigenvalue weighted by atomic mass is 32.2. The molecular weight excluding hydrogens is 356 g/mol. The molecule has 0 atom stereocenters. The van der Waals surface area contributed by atoms with Gasteiger partial charge in [-0.25, -0.2) is 13.2 Å². The molecule has 4 rings (SSSR count). The highest BCUT2D eigenvalue weighted by Crippen LogP contribution is 2.41. The van der Waals surface area contributed by atoms with E-state index in [1.54, 1.807) is 18.2 Å². The molecule has 1 saturated carbocycles. The Kier molecular flexibility index (Phi) is 3.69. The van der Waals surface area contributed by atoms with Crippen molar-refractivity contribution < 1.29 is 23.1 Å². The molecule has 0 spiro atoms. The van der Waals surface area contributed by atoms with E-state index in [-0.39, 0.29) is 4.90 Å². The minimum Gasteiger partial charge on any atom is -0.480 e. The van der Waals surface area contributed by atoms with Gasteiger partial charge in [-0.2, -0.15) is 0 Å². The van der Waals surface area contributed by atoms with Crippen LogP contribution in [0.15, 0.2) is 41.3 Å². The summed E-state index contributed by atoms with van der Waals surface area (Å²) in [5.74, 6) is -1.68. The Morgan fingerprint density at radius 2 is 1.77 bits per heavy atom. The van der Waals surface area contributed by atoms with Crippen molar-refractivity contribution in [3.05, 3.63) is 36.4 Å². The number of hydrogen-bond acceptors (Lipinski definition) is 4. The first kappa shape index (κ1) is 16.8. The van der Waals surface area contributed by atoms with Crippen LogP contribution in [-0.4, -0.2) is 37.5 Å². The molecule has 2 aromatic rings. The number of benzene rings is 2. The molecule has 0 aromatic heterocycles. The average molecular weight is 374 g/mol. The molecule has 1 fully saturated rings. The number of anilines is 1. The summed E-state index contributed by atoms with van der Waals surface area (Å²) in [6, 6.07) is 10.2. The van der Waals surface area contributed by atoms with Crippen molar-refractivity contribution in [2.24, 2.45) is 0 Å². The number of carbonyl (C=O) groups is 2. The number of carboxylic acid groups (broad SMARTS) is 1. The first-order valence-electron chi connectivity index (χ1n) is 8.44. The Morgan fingerprint density at radius 1 is 1.12 bits per heavy atom. The minimum atomic E-state index is -3.84. The zero-order chi connectivity index (χ0) is 18.5. The zero-order valence-corrected chi connectivity index (χ0v) is 14.8. The van der Waals surface area contributed by atoms with E-state index in [9.17, 15) is 23.1 Å². The summed E-state index contributed by atoms with van der Waals surface area (Å²) in [6.45, 7) is -0.439. The lowest BCUT2D eigenvalue weighted by Crippen LogP contribution is -2.55. The van der Waals surface area contributed by atoms with Crippen LogP contribution in [0.25, 0.3) is 10.8 Å². The molecule has 2 aromatic carbocycles. The summed E-state index contributed by atoms with van der Waals surface area (Å²) < 4.78 is 26.8. The van der Waals surface area contributed by atoms with Crippen LogP contribution in [0.5, 0.6) is 0 Å². The second-order valence-corrected chi connectivity index (χ2v) is 8.62. The van der Waals surface area contributed by atoms with Gasteiger partial charge in [0.15, 0.2) is 0 Å². The molecule has 136 valence electrons. The average Bonchev–Trinajstić information content (AvgIpc) is 3.15. The predicted octanol–water partition coefficient (Wildman–Crippen LogP) is 1.86. The maximum absolute atomic E-state index is 12.9. The normalized spacial score (nSPS) is 19.6. The number of nitrogens with zero attached hydrogens (tertiary/aromatic N) is 1. The van der Waals surface area contributed by atoms with Gasteiger partial charge in [-0.3, -0.25) is 9.10 Å². The van der Waals surface area contributed by atoms with E-state index in [2.05, 4.69) is 5.32 Å². The fourth-order valence-electron chi connectivity index (χ4n) is 3.94. The third-order valence-electron chi connectivity index (χ3n) is 5.21. The lowest BCUT2D eigenvalue weighted by atomic mass is 9.98. The van der Waals surface area contributed by atoms with E-state index in [4.69, 9.17) is 0 Å². The van der Waals surface area contributed by atoms with Gasteiger partial charge in [0.2, 0.25) is 5.91 Å². The van der Waals surface area contributed by atoms with Crippen LogP contribution in [0.4, 0.5) is 5.69 Å². The van der Waals surface area contributed by atoms with Crippen LogP contribution in [-0.2, 0) is 19.6 Å². The minimum absolute atomic E-state index is 0.173. The predicted molar refractivity (Wildman–Crippen MR) is 95.5 cm³/mol. The number of sulfonamides is 1. The lowest BCUT2D eigenvalue weighted by molar-refractivity contribution is -0.147. The van der Waals surface area contributed by atoms with E-state index in [0.717, 1.165) is 22.5 Å². The molecule has 0 unspecified atom stereocenters. The largest absolute Gasteiger partial charge is 0.480 e. The van der Waals surface area contributed by atoms with Gasteiger partial charge in [0.05, 0.1) is 10.6 Å². The SMILES string of the molecule is O=C(CN1c2cccc3cccc(c23)S1(=O)=O)NC1(C(=O)O)CCCC1. The van der Waals surface area contributed by atoms with Crippen LogP contribution < -0.4 is 9.62 Å². The van der Waals surface area contributed by atoms with E-state index >= 15 is 0 Å². The van der Waals surface area contributed by atoms with Crippen LogP contribution in [0.1, 0.15) is 25.7 Å². The number of aliphatic carboxylic acids is 1. The van der Waals surface area contributed by atoms with E-state index in [0.29, 0.717) is 23.9 Å². The molecule has 1 amide bonds. The van der Waals surface area contributed by atoms with Crippen LogP contribution >= 0.6 is 0 Å². The highest BCUT2D eigenvalue weighted by Gasteiger charge is 2.44. The van der Waals surface area contributed by atoms with Gasteiger partial charge in [-0.15, -0.1) is 0 Å². The highest BCUT2D eigenvalue weighted by molar-refractivity contribution is 7.93. The van der Waals surface area contributed by atoms with Gasteiger partial charge < -0.3 is 10.4 Å². The fourth-order valence-corrected chi connectivity index (χ4v) is 5.60. The van der Waals surface area contributed by atoms with Crippen molar-refractivity contribution in [3.63, 3.8) is 0 Å². The van der Waals surface area contributed by atoms with Gasteiger partial charge in [0.25, 0.3) is 10.0 Å². The van der Waals surface area contributed by atoms with Crippen LogP contribution in [0.2, 0.25) is 0 Å². The number of nitrogens with one attached hydrogen (secondary N) is 1. The molecular formula is C18H18N2O5S. The van der Waals surface area contributed by atoms with E-state index < -0.39 is 34.0 Å². The van der Waals surface area contributed by atoms with Crippen molar-refractivity contribution in [3.8, 4) is 0 Å². The summed E-state index contributed by atoms with van der Waals surface area (Å²) >= 11 is 0. The number of carbonyl (C=O) groups excluding carboxylic acids is 1. The van der Waals surface area contributed by atoms with Crippen molar-refractivity contribution in [2.45, 2.75) is 36.1 Å². The van der Waals surface area contributed by atoms with Crippen molar-refractivity contribution in [1.29, 1.82) is 0 Å². The second-order valence-electron chi connectivity index (χ2n) is 6.79. The summed E-state index contributed by atoms with van der Waals surface area (Å²) in [5, 5.41) is 13.4. The van der Waals surface area contributed by atoms with Crippen LogP contribution in [0.3, 0.4) is 0 Å². The molecule has 2 N–H and O–H groups in total. The number of rotatable bonds is 4. The molecule has 2 aliphatic rings. The molecule has 26 heavy (non-hydrogen) atoms. The third kappa shape index (κ3) is 2.36. The Hall–Kier alpha value is -2.61. The molecule has 1 aliphatic heterocycles. The first-order valence-corrected chi connectivity index (χ1v) is 9.88. The second kappa shape index (κ2) is 5.70. The van der Waals surface area contributed by atoms with Gasteiger partial charge in [0.1, 0.15) is 12.1 Å². The van der Waals surface area contributed by atoms with Gasteiger partial charge in [-0.05, 0) is 30.4 Å². The molecule has 1 heterocycles. The van der Waals surface area contributed by atoms with Crippen LogP contribution in [0, 0.1) is 0 Å². The van der Waals surface area contributed by atoms with Crippen molar-refractivity contribution in [1.82, 2.24) is 5.32 Å². The maximum Gasteiger partial charge on any atom is 0.329 e. The van der Waals surface area contributed by atoms with Crippen molar-refractivity contribution >= 4 is 38.4 Å². The summed E-state index contributed by atoms with van der Waals surface area (Å²) in [4.78, 5) is 24.3. The Balaban J connectivity index is 1.66. The first-order chi connectivity index (χ1) is 12.3. The van der Waals surface area contributed by atoms with E-state index in [1.807, 2.05) is 12.1 Å². The van der Waals surface area contributed by atoms with Gasteiger partial charge in [0, 0.05) is 5.39 Å². The standard InChI is InChI=1S/C18H18N2O5S/c21-15(19-18(17(22)23)9-1-2-10-18)11-20-13-7-3-5-12-6-4-8-14(16(12)13)26(20,24)25/h3-8H,1-2,9-11H2,(H,19,21)(H,22,23). The van der Waals surface area contributed by atoms with Gasteiger partial charge in [-0.1, -0.05) is 37.1 Å². The smallest absolute Gasteiger partial charge is 0.329 e. The van der Waals surface area contributed by atoms with Crippen molar-refractivity contribution in [2.75, 3.05) is 10.8 Å². The molecule has 8 heteroatoms. The Labute approximate surface area is 150 Å². The summed E-state index contributed by atoms with van der Waals surface area (Å²) in [7, 11) is -3.84. The zero-order valence-electron chi connectivity index (χ0n) is 13.9. The molecule has 0 bridgehead atoms. The van der Waals surface area contributed by atoms with E-state index in [1.165, 1.54) is 6.07 Å². The fraction of sp³-hybridized carbons (Fsp3) is 0.333. The molecule has 0 saturated heterocycles. The third-order valence-corrected chi connectivity index (χ3v) is 7.02. The Bertz CT molecular complexity index is 1020. The molecule has 0 radical (unpaired) electrons. The number of hydrogen-bond donors (Lipinski definition) is 2. The van der Waals surface area contributed by atoms with Gasteiger partial charge >= 0.3 is 5.97 Å². The summed E-state index contributed by atoms with van der Waals surface area (Å²) in [5.41, 5.74) is -0.844. The topological polar surface area (TPSA) is 104 Å². The maximum atomic E-state index is 12.9. The number of carboxylic acids is 1. The quantitative estimate of drug-likeness (QED) is 0.850.